The summed E-state index contributed by atoms with van der Waals surface area (Å²) in [5.41, 5.74) is 1.92. The molecule has 4 rings (SSSR count). The van der Waals surface area contributed by atoms with Gasteiger partial charge in [-0.05, 0) is 47.8 Å². The molecule has 3 aromatic rings. The number of aromatic nitrogens is 1. The second kappa shape index (κ2) is 9.89. The number of hydrogen-bond donors (Lipinski definition) is 2. The summed E-state index contributed by atoms with van der Waals surface area (Å²) in [6.07, 6.45) is 0.780. The van der Waals surface area contributed by atoms with Gasteiger partial charge >= 0.3 is 5.97 Å². The number of carbonyl (C=O) groups is 2. The summed E-state index contributed by atoms with van der Waals surface area (Å²) in [6, 6.07) is 16.2. The van der Waals surface area contributed by atoms with E-state index in [2.05, 4.69) is 43.8 Å². The van der Waals surface area contributed by atoms with Gasteiger partial charge in [-0.25, -0.2) is 0 Å². The van der Waals surface area contributed by atoms with Crippen molar-refractivity contribution in [1.29, 1.82) is 0 Å². The van der Waals surface area contributed by atoms with E-state index in [0.717, 1.165) is 45.0 Å². The van der Waals surface area contributed by atoms with E-state index < -0.39 is 5.97 Å². The van der Waals surface area contributed by atoms with Crippen molar-refractivity contribution in [3.63, 3.8) is 0 Å². The van der Waals surface area contributed by atoms with Crippen LogP contribution in [0.25, 0.3) is 10.1 Å². The highest BCUT2D eigenvalue weighted by Crippen LogP contribution is 2.29. The molecule has 7 nitrogen and oxygen atoms in total. The van der Waals surface area contributed by atoms with E-state index in [-0.39, 0.29) is 18.7 Å². The highest BCUT2D eigenvalue weighted by atomic mass is 32.1. The predicted molar refractivity (Wildman–Crippen MR) is 124 cm³/mol. The van der Waals surface area contributed by atoms with Gasteiger partial charge in [0.05, 0.1) is 11.1 Å². The smallest absolute Gasteiger partial charge is 0.303 e. The van der Waals surface area contributed by atoms with Gasteiger partial charge in [-0.1, -0.05) is 24.3 Å². The number of hydrogen-bond acceptors (Lipinski definition) is 6. The fourth-order valence-corrected chi connectivity index (χ4v) is 4.57. The number of fused-ring (bicyclic) bond motifs is 1. The molecule has 0 spiro atoms. The Morgan fingerprint density at radius 2 is 1.74 bits per heavy atom. The fraction of sp³-hybridized carbons (Fsp3) is 0.348. The van der Waals surface area contributed by atoms with E-state index in [1.165, 1.54) is 15.6 Å². The average molecular weight is 439 g/mol. The minimum absolute atomic E-state index is 0.0141. The zero-order valence-corrected chi connectivity index (χ0v) is 18.1. The topological polar surface area (TPSA) is 85.8 Å². The minimum Gasteiger partial charge on any atom is -0.481 e. The van der Waals surface area contributed by atoms with Gasteiger partial charge in [0.1, 0.15) is 5.82 Å². The molecule has 0 unspecified atom stereocenters. The summed E-state index contributed by atoms with van der Waals surface area (Å²) < 4.78 is 5.91. The van der Waals surface area contributed by atoms with Gasteiger partial charge in [0, 0.05) is 50.2 Å². The van der Waals surface area contributed by atoms with Crippen molar-refractivity contribution in [3.05, 3.63) is 54.1 Å². The number of nitrogens with one attached hydrogen (secondary N) is 1. The van der Waals surface area contributed by atoms with Gasteiger partial charge in [-0.15, -0.1) is 0 Å². The van der Waals surface area contributed by atoms with Gasteiger partial charge in [0.2, 0.25) is 5.91 Å². The summed E-state index contributed by atoms with van der Waals surface area (Å²) in [5.74, 6) is -0.131. The summed E-state index contributed by atoms with van der Waals surface area (Å²) in [7, 11) is 0. The van der Waals surface area contributed by atoms with E-state index >= 15 is 0 Å². The number of benzene rings is 2. The summed E-state index contributed by atoms with van der Waals surface area (Å²) in [5, 5.41) is 12.6. The molecular formula is C23H26N4O3S. The Bertz CT molecular complexity index is 1040. The number of carbonyl (C=O) groups excluding carboxylic acids is 1. The summed E-state index contributed by atoms with van der Waals surface area (Å²) in [6.45, 7) is 4.99. The lowest BCUT2D eigenvalue weighted by molar-refractivity contribution is -0.138. The van der Waals surface area contributed by atoms with Crippen LogP contribution in [0.5, 0.6) is 0 Å². The van der Waals surface area contributed by atoms with Gasteiger partial charge < -0.3 is 15.3 Å². The van der Waals surface area contributed by atoms with Crippen LogP contribution >= 0.6 is 11.5 Å². The number of aliphatic carboxylic acids is 1. The van der Waals surface area contributed by atoms with Crippen LogP contribution in [0.3, 0.4) is 0 Å². The molecule has 1 aliphatic rings. The second-order valence-electron chi connectivity index (χ2n) is 7.72. The molecule has 0 bridgehead atoms. The number of piperazine rings is 1. The summed E-state index contributed by atoms with van der Waals surface area (Å²) >= 11 is 1.57. The normalized spacial score (nSPS) is 14.6. The average Bonchev–Trinajstić information content (AvgIpc) is 3.22. The molecule has 0 atom stereocenters. The third kappa shape index (κ3) is 5.59. The van der Waals surface area contributed by atoms with Crippen LogP contribution in [0.15, 0.2) is 48.5 Å². The van der Waals surface area contributed by atoms with Crippen LogP contribution in [0.4, 0.5) is 11.5 Å². The zero-order valence-electron chi connectivity index (χ0n) is 17.3. The molecule has 2 aromatic carbocycles. The molecule has 31 heavy (non-hydrogen) atoms. The number of anilines is 2. The second-order valence-corrected chi connectivity index (χ2v) is 8.52. The first-order chi connectivity index (χ1) is 15.1. The molecule has 1 amide bonds. The SMILES string of the molecule is O=C(O)CCC(=O)Nc1ccc(CCN2CCN(c3nsc4ccccc34)CC2)cc1. The number of carboxylic acid groups (broad SMARTS) is 1. The van der Waals surface area contributed by atoms with E-state index in [1.807, 2.05) is 24.3 Å². The Kier molecular flexibility index (Phi) is 6.79. The van der Waals surface area contributed by atoms with Crippen LogP contribution < -0.4 is 10.2 Å². The van der Waals surface area contributed by atoms with Gasteiger partial charge in [0.25, 0.3) is 0 Å². The van der Waals surface area contributed by atoms with E-state index in [1.54, 1.807) is 11.5 Å². The third-order valence-corrected chi connectivity index (χ3v) is 6.37. The molecule has 0 aliphatic carbocycles. The molecular weight excluding hydrogens is 412 g/mol. The van der Waals surface area contributed by atoms with Gasteiger partial charge in [-0.2, -0.15) is 4.37 Å². The minimum atomic E-state index is -0.966. The van der Waals surface area contributed by atoms with Crippen molar-refractivity contribution in [3.8, 4) is 0 Å². The molecule has 1 fully saturated rings. The number of carboxylic acids is 1. The first-order valence-electron chi connectivity index (χ1n) is 10.5. The first kappa shape index (κ1) is 21.3. The van der Waals surface area contributed by atoms with E-state index in [0.29, 0.717) is 5.69 Å². The third-order valence-electron chi connectivity index (χ3n) is 5.55. The van der Waals surface area contributed by atoms with E-state index in [9.17, 15) is 9.59 Å². The highest BCUT2D eigenvalue weighted by molar-refractivity contribution is 7.13. The molecule has 0 saturated carbocycles. The van der Waals surface area contributed by atoms with Crippen molar-refractivity contribution in [2.75, 3.05) is 42.9 Å². The van der Waals surface area contributed by atoms with Crippen molar-refractivity contribution in [1.82, 2.24) is 9.27 Å². The molecule has 2 N–H and O–H groups in total. The Labute approximate surface area is 185 Å². The van der Waals surface area contributed by atoms with Crippen molar-refractivity contribution >= 4 is 45.0 Å². The van der Waals surface area contributed by atoms with Crippen LogP contribution in [0.1, 0.15) is 18.4 Å². The number of amides is 1. The monoisotopic (exact) mass is 438 g/mol. The molecule has 2 heterocycles. The Balaban J connectivity index is 1.22. The Hall–Kier alpha value is -2.97. The van der Waals surface area contributed by atoms with Crippen LogP contribution in [0.2, 0.25) is 0 Å². The highest BCUT2D eigenvalue weighted by Gasteiger charge is 2.20. The fourth-order valence-electron chi connectivity index (χ4n) is 3.77. The van der Waals surface area contributed by atoms with Crippen molar-refractivity contribution in [2.45, 2.75) is 19.3 Å². The lowest BCUT2D eigenvalue weighted by Gasteiger charge is -2.35. The largest absolute Gasteiger partial charge is 0.481 e. The number of nitrogens with zero attached hydrogens (tertiary/aromatic N) is 3. The van der Waals surface area contributed by atoms with Crippen molar-refractivity contribution in [2.24, 2.45) is 0 Å². The maximum atomic E-state index is 11.7. The molecule has 162 valence electrons. The van der Waals surface area contributed by atoms with Crippen molar-refractivity contribution < 1.29 is 14.7 Å². The zero-order chi connectivity index (χ0) is 21.6. The summed E-state index contributed by atoms with van der Waals surface area (Å²) in [4.78, 5) is 27.1. The molecule has 8 heteroatoms. The van der Waals surface area contributed by atoms with Gasteiger partial charge in [-0.3, -0.25) is 14.5 Å². The molecule has 1 saturated heterocycles. The van der Waals surface area contributed by atoms with Crippen LogP contribution in [-0.4, -0.2) is 59.0 Å². The maximum Gasteiger partial charge on any atom is 0.303 e. The standard InChI is InChI=1S/C23H26N4O3S/c28-21(9-10-22(29)30)24-18-7-5-17(6-8-18)11-12-26-13-15-27(16-14-26)23-19-3-1-2-4-20(19)31-25-23/h1-8H,9-16H2,(H,24,28)(H,29,30). The predicted octanol–water partition coefficient (Wildman–Crippen LogP) is 3.46. The lowest BCUT2D eigenvalue weighted by Crippen LogP contribution is -2.47. The Morgan fingerprint density at radius 3 is 2.48 bits per heavy atom. The first-order valence-corrected chi connectivity index (χ1v) is 11.3. The number of rotatable bonds is 8. The molecule has 1 aliphatic heterocycles. The van der Waals surface area contributed by atoms with E-state index in [4.69, 9.17) is 5.11 Å². The molecule has 0 radical (unpaired) electrons. The van der Waals surface area contributed by atoms with Crippen LogP contribution in [-0.2, 0) is 16.0 Å². The Morgan fingerprint density at radius 1 is 1.00 bits per heavy atom. The van der Waals surface area contributed by atoms with Crippen LogP contribution in [0, 0.1) is 0 Å². The maximum absolute atomic E-state index is 11.7. The van der Waals surface area contributed by atoms with Gasteiger partial charge in [0.15, 0.2) is 0 Å². The quantitative estimate of drug-likeness (QED) is 0.560. The molecule has 1 aromatic heterocycles. The lowest BCUT2D eigenvalue weighted by atomic mass is 10.1.